The SMILES string of the molecule is Cc1c(Cl)c(C(=O)O)nn1-c1ccc(Cl)cc1Cl. The Kier molecular flexibility index (Phi) is 3.52. The van der Waals surface area contributed by atoms with Crippen molar-refractivity contribution in [2.75, 3.05) is 0 Å². The van der Waals surface area contributed by atoms with Crippen LogP contribution in [0.3, 0.4) is 0 Å². The van der Waals surface area contributed by atoms with E-state index in [0.29, 0.717) is 21.4 Å². The number of aromatic carboxylic acids is 1. The van der Waals surface area contributed by atoms with Crippen LogP contribution in [0.2, 0.25) is 15.1 Å². The second-order valence-electron chi connectivity index (χ2n) is 3.56. The van der Waals surface area contributed by atoms with Gasteiger partial charge in [-0.2, -0.15) is 5.10 Å². The van der Waals surface area contributed by atoms with Crippen molar-refractivity contribution in [1.29, 1.82) is 0 Å². The molecule has 1 aromatic carbocycles. The number of halogens is 3. The van der Waals surface area contributed by atoms with Crippen LogP contribution in [0, 0.1) is 6.92 Å². The van der Waals surface area contributed by atoms with E-state index in [4.69, 9.17) is 39.9 Å². The Hall–Kier alpha value is -1.23. The van der Waals surface area contributed by atoms with Gasteiger partial charge in [0.1, 0.15) is 0 Å². The van der Waals surface area contributed by atoms with E-state index in [1.807, 2.05) is 0 Å². The van der Waals surface area contributed by atoms with Crippen LogP contribution in [0.4, 0.5) is 0 Å². The summed E-state index contributed by atoms with van der Waals surface area (Å²) >= 11 is 17.7. The van der Waals surface area contributed by atoms with Crippen molar-refractivity contribution < 1.29 is 9.90 Å². The van der Waals surface area contributed by atoms with E-state index in [1.54, 1.807) is 25.1 Å². The molecule has 1 N–H and O–H groups in total. The number of carbonyl (C=O) groups is 1. The molecule has 0 atom stereocenters. The summed E-state index contributed by atoms with van der Waals surface area (Å²) < 4.78 is 1.38. The zero-order valence-corrected chi connectivity index (χ0v) is 11.4. The van der Waals surface area contributed by atoms with Crippen LogP contribution in [0.25, 0.3) is 5.69 Å². The number of hydrogen-bond acceptors (Lipinski definition) is 2. The number of carboxylic acids is 1. The molecule has 1 heterocycles. The molecule has 0 aliphatic rings. The lowest BCUT2D eigenvalue weighted by molar-refractivity contribution is 0.0690. The highest BCUT2D eigenvalue weighted by molar-refractivity contribution is 6.36. The predicted octanol–water partition coefficient (Wildman–Crippen LogP) is 3.84. The second-order valence-corrected chi connectivity index (χ2v) is 4.78. The minimum absolute atomic E-state index is 0.0912. The van der Waals surface area contributed by atoms with E-state index in [-0.39, 0.29) is 10.7 Å². The molecular weight excluding hydrogens is 298 g/mol. The summed E-state index contributed by atoms with van der Waals surface area (Å²) in [5.41, 5.74) is 0.812. The molecule has 94 valence electrons. The fourth-order valence-corrected chi connectivity index (χ4v) is 2.19. The maximum Gasteiger partial charge on any atom is 0.358 e. The number of rotatable bonds is 2. The number of nitrogens with zero attached hydrogens (tertiary/aromatic N) is 2. The highest BCUT2D eigenvalue weighted by Crippen LogP contribution is 2.28. The summed E-state index contributed by atoms with van der Waals surface area (Å²) in [4.78, 5) is 10.9. The van der Waals surface area contributed by atoms with E-state index < -0.39 is 5.97 Å². The normalized spacial score (nSPS) is 10.7. The molecule has 2 aromatic rings. The molecule has 0 radical (unpaired) electrons. The van der Waals surface area contributed by atoms with E-state index in [9.17, 15) is 4.79 Å². The molecule has 0 unspecified atom stereocenters. The van der Waals surface area contributed by atoms with Crippen molar-refractivity contribution in [3.63, 3.8) is 0 Å². The van der Waals surface area contributed by atoms with Gasteiger partial charge in [0.15, 0.2) is 5.69 Å². The topological polar surface area (TPSA) is 55.1 Å². The lowest BCUT2D eigenvalue weighted by Crippen LogP contribution is -2.02. The van der Waals surface area contributed by atoms with Crippen molar-refractivity contribution in [1.82, 2.24) is 9.78 Å². The zero-order chi connectivity index (χ0) is 13.4. The van der Waals surface area contributed by atoms with Gasteiger partial charge in [0.2, 0.25) is 0 Å². The Balaban J connectivity index is 2.64. The zero-order valence-electron chi connectivity index (χ0n) is 9.12. The number of hydrogen-bond donors (Lipinski definition) is 1. The first-order chi connectivity index (χ1) is 8.41. The van der Waals surface area contributed by atoms with Gasteiger partial charge in [0.05, 0.1) is 21.4 Å². The fraction of sp³-hybridized carbons (Fsp3) is 0.0909. The van der Waals surface area contributed by atoms with Gasteiger partial charge in [-0.25, -0.2) is 9.48 Å². The van der Waals surface area contributed by atoms with Crippen molar-refractivity contribution in [3.8, 4) is 5.69 Å². The molecule has 0 spiro atoms. The molecule has 18 heavy (non-hydrogen) atoms. The van der Waals surface area contributed by atoms with Gasteiger partial charge >= 0.3 is 5.97 Å². The third kappa shape index (κ3) is 2.19. The van der Waals surface area contributed by atoms with Crippen LogP contribution in [0.1, 0.15) is 16.2 Å². The standard InChI is InChI=1S/C11H7Cl3N2O2/c1-5-9(14)10(11(17)18)15-16(5)8-3-2-6(12)4-7(8)13/h2-4H,1H3,(H,17,18). The molecule has 0 aliphatic carbocycles. The average Bonchev–Trinajstić information content (AvgIpc) is 2.57. The summed E-state index contributed by atoms with van der Waals surface area (Å²) in [6.07, 6.45) is 0. The molecule has 0 fully saturated rings. The Morgan fingerprint density at radius 1 is 1.33 bits per heavy atom. The van der Waals surface area contributed by atoms with Gasteiger partial charge in [-0.3, -0.25) is 0 Å². The van der Waals surface area contributed by atoms with E-state index in [2.05, 4.69) is 5.10 Å². The van der Waals surface area contributed by atoms with E-state index in [1.165, 1.54) is 4.68 Å². The first kappa shape index (κ1) is 13.2. The third-order valence-corrected chi connectivity index (χ3v) is 3.37. The molecular formula is C11H7Cl3N2O2. The van der Waals surface area contributed by atoms with Crippen molar-refractivity contribution in [3.05, 3.63) is 44.7 Å². The van der Waals surface area contributed by atoms with Gasteiger partial charge in [-0.15, -0.1) is 0 Å². The second kappa shape index (κ2) is 4.80. The lowest BCUT2D eigenvalue weighted by atomic mass is 10.3. The molecule has 4 nitrogen and oxygen atoms in total. The Bertz CT molecular complexity index is 637. The smallest absolute Gasteiger partial charge is 0.358 e. The van der Waals surface area contributed by atoms with Crippen LogP contribution in [-0.2, 0) is 0 Å². The minimum atomic E-state index is -1.19. The summed E-state index contributed by atoms with van der Waals surface area (Å²) in [5.74, 6) is -1.19. The van der Waals surface area contributed by atoms with Crippen LogP contribution in [0.5, 0.6) is 0 Å². The molecule has 7 heteroatoms. The number of aromatic nitrogens is 2. The third-order valence-electron chi connectivity index (χ3n) is 2.38. The lowest BCUT2D eigenvalue weighted by Gasteiger charge is -2.06. The van der Waals surface area contributed by atoms with Crippen molar-refractivity contribution in [2.24, 2.45) is 0 Å². The average molecular weight is 306 g/mol. The monoisotopic (exact) mass is 304 g/mol. The summed E-state index contributed by atoms with van der Waals surface area (Å²) in [7, 11) is 0. The highest BCUT2D eigenvalue weighted by Gasteiger charge is 2.20. The molecule has 0 saturated carbocycles. The molecule has 0 bridgehead atoms. The molecule has 0 aliphatic heterocycles. The van der Waals surface area contributed by atoms with Crippen molar-refractivity contribution >= 4 is 40.8 Å². The maximum absolute atomic E-state index is 10.9. The summed E-state index contributed by atoms with van der Waals surface area (Å²) in [5, 5.41) is 13.8. The Labute approximate surface area is 118 Å². The largest absolute Gasteiger partial charge is 0.476 e. The maximum atomic E-state index is 10.9. The van der Waals surface area contributed by atoms with Crippen molar-refractivity contribution in [2.45, 2.75) is 6.92 Å². The fourth-order valence-electron chi connectivity index (χ4n) is 1.51. The van der Waals surface area contributed by atoms with Crippen LogP contribution in [0.15, 0.2) is 18.2 Å². The number of carboxylic acid groups (broad SMARTS) is 1. The molecule has 0 saturated heterocycles. The van der Waals surface area contributed by atoms with Gasteiger partial charge in [0.25, 0.3) is 0 Å². The Morgan fingerprint density at radius 2 is 2.00 bits per heavy atom. The summed E-state index contributed by atoms with van der Waals surface area (Å²) in [6, 6.07) is 4.83. The van der Waals surface area contributed by atoms with E-state index in [0.717, 1.165) is 0 Å². The first-order valence-corrected chi connectivity index (χ1v) is 5.99. The molecule has 2 rings (SSSR count). The molecule has 1 aromatic heterocycles. The van der Waals surface area contributed by atoms with Gasteiger partial charge in [0, 0.05) is 5.02 Å². The van der Waals surface area contributed by atoms with Crippen LogP contribution >= 0.6 is 34.8 Å². The van der Waals surface area contributed by atoms with Gasteiger partial charge in [-0.05, 0) is 25.1 Å². The van der Waals surface area contributed by atoms with Crippen LogP contribution in [-0.4, -0.2) is 20.9 Å². The predicted molar refractivity (Wildman–Crippen MR) is 70.3 cm³/mol. The van der Waals surface area contributed by atoms with Gasteiger partial charge < -0.3 is 5.11 Å². The van der Waals surface area contributed by atoms with E-state index >= 15 is 0 Å². The molecule has 0 amide bonds. The van der Waals surface area contributed by atoms with Gasteiger partial charge in [-0.1, -0.05) is 34.8 Å². The minimum Gasteiger partial charge on any atom is -0.476 e. The highest BCUT2D eigenvalue weighted by atomic mass is 35.5. The first-order valence-electron chi connectivity index (χ1n) is 4.85. The van der Waals surface area contributed by atoms with Crippen LogP contribution < -0.4 is 0 Å². The quantitative estimate of drug-likeness (QED) is 0.917. The summed E-state index contributed by atoms with van der Waals surface area (Å²) in [6.45, 7) is 1.66. The Morgan fingerprint density at radius 3 is 2.50 bits per heavy atom. The number of benzene rings is 1.